The molecule has 0 N–H and O–H groups in total. The highest BCUT2D eigenvalue weighted by Gasteiger charge is 2.19. The zero-order valence-electron chi connectivity index (χ0n) is 17.3. The molecule has 29 heavy (non-hydrogen) atoms. The molecular weight excluding hydrogens is 362 g/mol. The molecule has 0 aliphatic carbocycles. The summed E-state index contributed by atoms with van der Waals surface area (Å²) in [5.74, 6) is 0.0551. The molecule has 2 aromatic heterocycles. The van der Waals surface area contributed by atoms with Gasteiger partial charge in [0.15, 0.2) is 0 Å². The standard InChI is InChI=1S/C24H25N3O2/c1-16-10-11-21-19(15-29-23(21)12-16)13-24(28)26(4)14-22-17(2)25-27(18(22)3)20-8-6-5-7-9-20/h5-12,15H,13-14H2,1-4H3. The number of nitrogens with zero attached hydrogens (tertiary/aromatic N) is 3. The minimum atomic E-state index is 0.0551. The third kappa shape index (κ3) is 3.68. The van der Waals surface area contributed by atoms with Crippen molar-refractivity contribution in [3.63, 3.8) is 0 Å². The second-order valence-electron chi connectivity index (χ2n) is 7.58. The highest BCUT2D eigenvalue weighted by atomic mass is 16.3. The molecule has 148 valence electrons. The summed E-state index contributed by atoms with van der Waals surface area (Å²) in [6.45, 7) is 6.59. The van der Waals surface area contributed by atoms with Crippen molar-refractivity contribution in [2.45, 2.75) is 33.7 Å². The molecule has 4 rings (SSSR count). The SMILES string of the molecule is Cc1ccc2c(CC(=O)N(C)Cc3c(C)nn(-c4ccccc4)c3C)coc2c1. The van der Waals surface area contributed by atoms with Crippen molar-refractivity contribution < 1.29 is 9.21 Å². The number of amides is 1. The summed E-state index contributed by atoms with van der Waals surface area (Å²) in [4.78, 5) is 14.6. The van der Waals surface area contributed by atoms with Crippen LogP contribution in [0.15, 0.2) is 59.2 Å². The maximum atomic E-state index is 12.9. The van der Waals surface area contributed by atoms with E-state index in [1.54, 1.807) is 11.2 Å². The first kappa shape index (κ1) is 19.0. The molecule has 0 unspecified atom stereocenters. The van der Waals surface area contributed by atoms with Gasteiger partial charge >= 0.3 is 0 Å². The smallest absolute Gasteiger partial charge is 0.227 e. The molecule has 0 spiro atoms. The molecule has 2 heterocycles. The van der Waals surface area contributed by atoms with Gasteiger partial charge in [0.05, 0.1) is 24.1 Å². The van der Waals surface area contributed by atoms with Crippen molar-refractivity contribution in [2.24, 2.45) is 0 Å². The lowest BCUT2D eigenvalue weighted by Crippen LogP contribution is -2.28. The molecule has 0 saturated heterocycles. The fourth-order valence-electron chi connectivity index (χ4n) is 3.67. The first-order valence-electron chi connectivity index (χ1n) is 9.75. The van der Waals surface area contributed by atoms with E-state index >= 15 is 0 Å². The summed E-state index contributed by atoms with van der Waals surface area (Å²) in [6, 6.07) is 16.1. The predicted molar refractivity (Wildman–Crippen MR) is 114 cm³/mol. The maximum Gasteiger partial charge on any atom is 0.227 e. The Bertz CT molecular complexity index is 1170. The minimum Gasteiger partial charge on any atom is -0.464 e. The molecule has 0 bridgehead atoms. The average molecular weight is 387 g/mol. The normalized spacial score (nSPS) is 11.2. The molecular formula is C24H25N3O2. The van der Waals surface area contributed by atoms with E-state index in [4.69, 9.17) is 4.42 Å². The Hall–Kier alpha value is -3.34. The first-order valence-corrected chi connectivity index (χ1v) is 9.75. The zero-order valence-corrected chi connectivity index (χ0v) is 17.3. The number of benzene rings is 2. The van der Waals surface area contributed by atoms with Gasteiger partial charge in [-0.2, -0.15) is 5.10 Å². The Morgan fingerprint density at radius 3 is 2.62 bits per heavy atom. The summed E-state index contributed by atoms with van der Waals surface area (Å²) in [6.07, 6.45) is 2.01. The number of likely N-dealkylation sites (N-methyl/N-ethyl adjacent to an activating group) is 1. The Labute approximate surface area is 170 Å². The van der Waals surface area contributed by atoms with Crippen LogP contribution in [0.4, 0.5) is 0 Å². The number of aryl methyl sites for hydroxylation is 2. The lowest BCUT2D eigenvalue weighted by molar-refractivity contribution is -0.129. The van der Waals surface area contributed by atoms with Crippen molar-refractivity contribution in [2.75, 3.05) is 7.05 Å². The van der Waals surface area contributed by atoms with Crippen LogP contribution in [-0.4, -0.2) is 27.6 Å². The van der Waals surface area contributed by atoms with Gasteiger partial charge in [0, 0.05) is 35.8 Å². The molecule has 4 aromatic rings. The molecule has 0 fully saturated rings. The Balaban J connectivity index is 1.52. The van der Waals surface area contributed by atoms with Gasteiger partial charge in [-0.15, -0.1) is 0 Å². The topological polar surface area (TPSA) is 51.3 Å². The molecule has 0 aliphatic heterocycles. The van der Waals surface area contributed by atoms with Gasteiger partial charge in [0.2, 0.25) is 5.91 Å². The third-order valence-corrected chi connectivity index (χ3v) is 5.42. The molecule has 1 amide bonds. The minimum absolute atomic E-state index is 0.0551. The Morgan fingerprint density at radius 2 is 1.86 bits per heavy atom. The summed E-state index contributed by atoms with van der Waals surface area (Å²) in [5, 5.41) is 5.68. The number of para-hydroxylation sites is 1. The van der Waals surface area contributed by atoms with Crippen LogP contribution in [0.1, 0.15) is 28.1 Å². The van der Waals surface area contributed by atoms with E-state index in [-0.39, 0.29) is 5.91 Å². The molecule has 5 heteroatoms. The number of hydrogen-bond donors (Lipinski definition) is 0. The number of fused-ring (bicyclic) bond motifs is 1. The largest absolute Gasteiger partial charge is 0.464 e. The molecule has 0 radical (unpaired) electrons. The first-order chi connectivity index (χ1) is 13.9. The number of furan rings is 1. The van der Waals surface area contributed by atoms with Crippen LogP contribution in [0.2, 0.25) is 0 Å². The molecule has 0 aliphatic rings. The van der Waals surface area contributed by atoms with Gasteiger partial charge in [-0.3, -0.25) is 4.79 Å². The molecule has 0 saturated carbocycles. The highest BCUT2D eigenvalue weighted by Crippen LogP contribution is 2.24. The summed E-state index contributed by atoms with van der Waals surface area (Å²) in [5.41, 5.74) is 6.98. The maximum absolute atomic E-state index is 12.9. The van der Waals surface area contributed by atoms with Crippen molar-refractivity contribution in [3.05, 3.63) is 82.9 Å². The Kier molecular flexibility index (Phi) is 4.97. The lowest BCUT2D eigenvalue weighted by Gasteiger charge is -2.17. The van der Waals surface area contributed by atoms with E-state index in [1.807, 2.05) is 81.0 Å². The number of rotatable bonds is 5. The summed E-state index contributed by atoms with van der Waals surface area (Å²) >= 11 is 0. The molecule has 0 atom stereocenters. The van der Waals surface area contributed by atoms with E-state index in [0.717, 1.165) is 44.7 Å². The van der Waals surface area contributed by atoms with Crippen molar-refractivity contribution in [1.29, 1.82) is 0 Å². The van der Waals surface area contributed by atoms with Crippen LogP contribution in [0.5, 0.6) is 0 Å². The predicted octanol–water partition coefficient (Wildman–Crippen LogP) is 4.74. The van der Waals surface area contributed by atoms with E-state index < -0.39 is 0 Å². The van der Waals surface area contributed by atoms with Crippen LogP contribution in [0.3, 0.4) is 0 Å². The third-order valence-electron chi connectivity index (χ3n) is 5.42. The average Bonchev–Trinajstić information content (AvgIpc) is 3.23. The van der Waals surface area contributed by atoms with Crippen LogP contribution in [-0.2, 0) is 17.8 Å². The number of carbonyl (C=O) groups is 1. The highest BCUT2D eigenvalue weighted by molar-refractivity contribution is 5.87. The Morgan fingerprint density at radius 1 is 1.10 bits per heavy atom. The van der Waals surface area contributed by atoms with Crippen molar-refractivity contribution in [3.8, 4) is 5.69 Å². The summed E-state index contributed by atoms with van der Waals surface area (Å²) in [7, 11) is 1.84. The second kappa shape index (κ2) is 7.59. The quantitative estimate of drug-likeness (QED) is 0.497. The van der Waals surface area contributed by atoms with Gasteiger partial charge in [-0.1, -0.05) is 30.3 Å². The monoisotopic (exact) mass is 387 g/mol. The van der Waals surface area contributed by atoms with Gasteiger partial charge in [-0.25, -0.2) is 4.68 Å². The second-order valence-corrected chi connectivity index (χ2v) is 7.58. The zero-order chi connectivity index (χ0) is 20.5. The number of aromatic nitrogens is 2. The van der Waals surface area contributed by atoms with E-state index in [9.17, 15) is 4.79 Å². The van der Waals surface area contributed by atoms with Crippen LogP contribution < -0.4 is 0 Å². The lowest BCUT2D eigenvalue weighted by atomic mass is 10.1. The van der Waals surface area contributed by atoms with Crippen LogP contribution in [0.25, 0.3) is 16.7 Å². The van der Waals surface area contributed by atoms with Crippen LogP contribution in [0, 0.1) is 20.8 Å². The fraction of sp³-hybridized carbons (Fsp3) is 0.250. The molecule has 2 aromatic carbocycles. The molecule has 5 nitrogen and oxygen atoms in total. The van der Waals surface area contributed by atoms with Gasteiger partial charge < -0.3 is 9.32 Å². The number of hydrogen-bond acceptors (Lipinski definition) is 3. The van der Waals surface area contributed by atoms with Crippen molar-refractivity contribution in [1.82, 2.24) is 14.7 Å². The number of carbonyl (C=O) groups excluding carboxylic acids is 1. The van der Waals surface area contributed by atoms with Crippen LogP contribution >= 0.6 is 0 Å². The van der Waals surface area contributed by atoms with E-state index in [0.29, 0.717) is 13.0 Å². The van der Waals surface area contributed by atoms with E-state index in [2.05, 4.69) is 5.10 Å². The summed E-state index contributed by atoms with van der Waals surface area (Å²) < 4.78 is 7.57. The fourth-order valence-corrected chi connectivity index (χ4v) is 3.67. The van der Waals surface area contributed by atoms with Gasteiger partial charge in [-0.05, 0) is 44.5 Å². The van der Waals surface area contributed by atoms with Gasteiger partial charge in [0.25, 0.3) is 0 Å². The van der Waals surface area contributed by atoms with Gasteiger partial charge in [0.1, 0.15) is 5.58 Å². The van der Waals surface area contributed by atoms with E-state index in [1.165, 1.54) is 0 Å². The van der Waals surface area contributed by atoms with Crippen molar-refractivity contribution >= 4 is 16.9 Å².